The number of rotatable bonds is 6. The van der Waals surface area contributed by atoms with Crippen LogP contribution in [0.5, 0.6) is 0 Å². The van der Waals surface area contributed by atoms with Gasteiger partial charge in [0.2, 0.25) is 0 Å². The van der Waals surface area contributed by atoms with Crippen molar-refractivity contribution in [3.05, 3.63) is 75.2 Å². The van der Waals surface area contributed by atoms with Crippen LogP contribution < -0.4 is 10.3 Å². The minimum atomic E-state index is -0.513. The van der Waals surface area contributed by atoms with E-state index in [2.05, 4.69) is 15.4 Å². The first kappa shape index (κ1) is 20.6. The van der Waals surface area contributed by atoms with Gasteiger partial charge in [-0.15, -0.1) is 0 Å². The number of amides is 1. The third kappa shape index (κ3) is 4.93. The molecule has 0 radical (unpaired) electrons. The van der Waals surface area contributed by atoms with E-state index in [0.29, 0.717) is 13.2 Å². The smallest absolute Gasteiger partial charge is 0.271 e. The molecule has 9 nitrogen and oxygen atoms in total. The molecule has 1 fully saturated rings. The molecular formula is C21H19N5O4S. The van der Waals surface area contributed by atoms with E-state index in [0.717, 1.165) is 34.4 Å². The molecule has 0 unspecified atom stereocenters. The summed E-state index contributed by atoms with van der Waals surface area (Å²) in [4.78, 5) is 30.3. The van der Waals surface area contributed by atoms with Crippen molar-refractivity contribution in [3.8, 4) is 11.3 Å². The fourth-order valence-electron chi connectivity index (χ4n) is 3.05. The summed E-state index contributed by atoms with van der Waals surface area (Å²) in [6.45, 7) is 2.87. The molecule has 1 aliphatic rings. The Morgan fingerprint density at radius 1 is 1.16 bits per heavy atom. The van der Waals surface area contributed by atoms with Crippen LogP contribution in [0, 0.1) is 10.1 Å². The van der Waals surface area contributed by atoms with E-state index in [4.69, 9.17) is 9.72 Å². The van der Waals surface area contributed by atoms with Crippen LogP contribution in [0.4, 0.5) is 10.8 Å². The standard InChI is InChI=1S/C21H19N5O4S/c27-20(16-6-8-17(9-7-16)26(28)29)24-22-14-18-19(15-4-2-1-3-5-15)23-21(31-18)25-10-12-30-13-11-25/h1-9,14H,10-13H2,(H,24,27)/b22-14+. The highest BCUT2D eigenvalue weighted by Crippen LogP contribution is 2.32. The molecule has 0 spiro atoms. The van der Waals surface area contributed by atoms with Gasteiger partial charge in [0.1, 0.15) is 0 Å². The van der Waals surface area contributed by atoms with Crippen LogP contribution in [0.1, 0.15) is 15.2 Å². The summed E-state index contributed by atoms with van der Waals surface area (Å²) in [5, 5.41) is 15.7. The summed E-state index contributed by atoms with van der Waals surface area (Å²) in [7, 11) is 0. The number of nitrogens with one attached hydrogen (secondary N) is 1. The monoisotopic (exact) mass is 437 g/mol. The number of anilines is 1. The first-order valence-electron chi connectivity index (χ1n) is 9.58. The summed E-state index contributed by atoms with van der Waals surface area (Å²) in [5.41, 5.74) is 4.43. The number of nitro groups is 1. The lowest BCUT2D eigenvalue weighted by molar-refractivity contribution is -0.384. The second-order valence-corrected chi connectivity index (χ2v) is 7.69. The van der Waals surface area contributed by atoms with E-state index >= 15 is 0 Å². The lowest BCUT2D eigenvalue weighted by Gasteiger charge is -2.26. The maximum absolute atomic E-state index is 12.3. The van der Waals surface area contributed by atoms with Gasteiger partial charge in [0.05, 0.1) is 34.9 Å². The Bertz CT molecular complexity index is 1090. The average Bonchev–Trinajstić information content (AvgIpc) is 3.24. The average molecular weight is 437 g/mol. The number of non-ortho nitro benzene ring substituents is 1. The van der Waals surface area contributed by atoms with Crippen molar-refractivity contribution >= 4 is 34.3 Å². The summed E-state index contributed by atoms with van der Waals surface area (Å²) in [5.74, 6) is -0.453. The van der Waals surface area contributed by atoms with Crippen LogP contribution in [0.15, 0.2) is 59.7 Å². The summed E-state index contributed by atoms with van der Waals surface area (Å²) < 4.78 is 5.42. The largest absolute Gasteiger partial charge is 0.378 e. The zero-order chi connectivity index (χ0) is 21.6. The fraction of sp³-hybridized carbons (Fsp3) is 0.190. The van der Waals surface area contributed by atoms with Gasteiger partial charge < -0.3 is 9.64 Å². The van der Waals surface area contributed by atoms with Crippen LogP contribution in [0.2, 0.25) is 0 Å². The van der Waals surface area contributed by atoms with Gasteiger partial charge in [-0.3, -0.25) is 14.9 Å². The normalized spacial score (nSPS) is 14.0. The quantitative estimate of drug-likeness (QED) is 0.360. The molecule has 4 rings (SSSR count). The van der Waals surface area contributed by atoms with Crippen LogP contribution in [-0.2, 0) is 4.74 Å². The number of carbonyl (C=O) groups excluding carboxylic acids is 1. The molecular weight excluding hydrogens is 418 g/mol. The van der Waals surface area contributed by atoms with Gasteiger partial charge in [0, 0.05) is 36.3 Å². The SMILES string of the molecule is O=C(N/N=C/c1sc(N2CCOCC2)nc1-c1ccccc1)c1ccc([N+](=O)[O-])cc1. The molecule has 1 aliphatic heterocycles. The van der Waals surface area contributed by atoms with E-state index in [9.17, 15) is 14.9 Å². The summed E-state index contributed by atoms with van der Waals surface area (Å²) in [6.07, 6.45) is 1.58. The van der Waals surface area contributed by atoms with Gasteiger partial charge in [-0.25, -0.2) is 10.4 Å². The molecule has 0 saturated carbocycles. The number of benzene rings is 2. The van der Waals surface area contributed by atoms with Crippen LogP contribution in [0.25, 0.3) is 11.3 Å². The van der Waals surface area contributed by atoms with E-state index in [1.807, 2.05) is 30.3 Å². The number of aromatic nitrogens is 1. The predicted octanol–water partition coefficient (Wildman–Crippen LogP) is 3.32. The summed E-state index contributed by atoms with van der Waals surface area (Å²) >= 11 is 1.50. The highest BCUT2D eigenvalue weighted by molar-refractivity contribution is 7.17. The Hall–Kier alpha value is -3.63. The van der Waals surface area contributed by atoms with Crippen molar-refractivity contribution in [1.29, 1.82) is 0 Å². The predicted molar refractivity (Wildman–Crippen MR) is 119 cm³/mol. The maximum atomic E-state index is 12.3. The number of carbonyl (C=O) groups is 1. The number of nitrogens with zero attached hydrogens (tertiary/aromatic N) is 4. The molecule has 0 bridgehead atoms. The first-order valence-corrected chi connectivity index (χ1v) is 10.4. The van der Waals surface area contributed by atoms with Gasteiger partial charge >= 0.3 is 0 Å². The van der Waals surface area contributed by atoms with Gasteiger partial charge in [0.15, 0.2) is 5.13 Å². The van der Waals surface area contributed by atoms with E-state index in [-0.39, 0.29) is 11.3 Å². The molecule has 3 aromatic rings. The number of morpholine rings is 1. The molecule has 1 saturated heterocycles. The Labute approximate surface area is 182 Å². The molecule has 1 N–H and O–H groups in total. The molecule has 2 aromatic carbocycles. The van der Waals surface area contributed by atoms with Gasteiger partial charge in [0.25, 0.3) is 11.6 Å². The Morgan fingerprint density at radius 2 is 1.87 bits per heavy atom. The van der Waals surface area contributed by atoms with E-state index in [1.165, 1.54) is 35.6 Å². The molecule has 2 heterocycles. The van der Waals surface area contributed by atoms with Crippen molar-refractivity contribution in [3.63, 3.8) is 0 Å². The Balaban J connectivity index is 1.53. The molecule has 31 heavy (non-hydrogen) atoms. The minimum Gasteiger partial charge on any atom is -0.378 e. The molecule has 0 aliphatic carbocycles. The fourth-order valence-corrected chi connectivity index (χ4v) is 4.06. The van der Waals surface area contributed by atoms with Gasteiger partial charge in [-0.2, -0.15) is 5.10 Å². The Morgan fingerprint density at radius 3 is 2.55 bits per heavy atom. The lowest BCUT2D eigenvalue weighted by atomic mass is 10.1. The van der Waals surface area contributed by atoms with Crippen LogP contribution >= 0.6 is 11.3 Å². The highest BCUT2D eigenvalue weighted by atomic mass is 32.1. The van der Waals surface area contributed by atoms with Crippen molar-refractivity contribution in [2.75, 3.05) is 31.2 Å². The summed E-state index contributed by atoms with van der Waals surface area (Å²) in [6, 6.07) is 15.1. The van der Waals surface area contributed by atoms with Gasteiger partial charge in [-0.1, -0.05) is 41.7 Å². The van der Waals surface area contributed by atoms with Crippen molar-refractivity contribution in [2.45, 2.75) is 0 Å². The molecule has 0 atom stereocenters. The van der Waals surface area contributed by atoms with Crippen molar-refractivity contribution in [1.82, 2.24) is 10.4 Å². The number of ether oxygens (including phenoxy) is 1. The Kier molecular flexibility index (Phi) is 6.29. The molecule has 1 amide bonds. The lowest BCUT2D eigenvalue weighted by Crippen LogP contribution is -2.36. The second-order valence-electron chi connectivity index (χ2n) is 6.68. The highest BCUT2D eigenvalue weighted by Gasteiger charge is 2.19. The second kappa shape index (κ2) is 9.45. The van der Waals surface area contributed by atoms with Gasteiger partial charge in [-0.05, 0) is 12.1 Å². The zero-order valence-electron chi connectivity index (χ0n) is 16.4. The number of nitro benzene ring substituents is 1. The zero-order valence-corrected chi connectivity index (χ0v) is 17.2. The molecule has 158 valence electrons. The minimum absolute atomic E-state index is 0.0761. The van der Waals surface area contributed by atoms with E-state index in [1.54, 1.807) is 6.21 Å². The first-order chi connectivity index (χ1) is 15.1. The van der Waals surface area contributed by atoms with Crippen LogP contribution in [0.3, 0.4) is 0 Å². The third-order valence-corrected chi connectivity index (χ3v) is 5.71. The number of hydrazone groups is 1. The molecule has 10 heteroatoms. The maximum Gasteiger partial charge on any atom is 0.271 e. The van der Waals surface area contributed by atoms with Crippen molar-refractivity contribution in [2.24, 2.45) is 5.10 Å². The van der Waals surface area contributed by atoms with Crippen molar-refractivity contribution < 1.29 is 14.5 Å². The van der Waals surface area contributed by atoms with E-state index < -0.39 is 10.8 Å². The topological polar surface area (TPSA) is 110 Å². The van der Waals surface area contributed by atoms with Crippen LogP contribution in [-0.4, -0.2) is 48.3 Å². The number of hydrogen-bond donors (Lipinski definition) is 1. The third-order valence-electron chi connectivity index (χ3n) is 4.66. The number of thiazole rings is 1. The molecule has 1 aromatic heterocycles. The number of hydrogen-bond acceptors (Lipinski definition) is 8.